The van der Waals surface area contributed by atoms with E-state index in [1.807, 2.05) is 6.07 Å². The van der Waals surface area contributed by atoms with Crippen molar-refractivity contribution in [1.29, 1.82) is 0 Å². The van der Waals surface area contributed by atoms with E-state index < -0.39 is 183 Å². The van der Waals surface area contributed by atoms with E-state index in [0.717, 1.165) is 23.3 Å². The number of rotatable bonds is 39. The molecule has 0 bridgehead atoms. The molecular formula is C88H125N29O25S6. The summed E-state index contributed by atoms with van der Waals surface area (Å²) in [5.41, 5.74) is 77.0. The second-order valence-electron chi connectivity index (χ2n) is 35.0. The lowest BCUT2D eigenvalue weighted by Gasteiger charge is -2.17. The SMILES string of the molecule is NCCCSCC1OC(n2cnc3c(N)ccnc32)C(O)C1O.NCCSCC1OC(n2cnc3c(N)ccnc32)C(O)C1O.Nc1cccc2c1ncn2C1OC(CSCCC(N)C(=O)O)C(O)C1O.Nc1ccnc2c1ccn2C1OC(CSCCC(N)C(=O)O)C(O)C1O.Nc1ccnc2c1ncn2C1OC(CSCCC(N)C(=O)O)CC1O.Nc1ccnc2c1nnn2C1OC(CSCCC(N)C(=O)O)C(O)C1O. The molecule has 27 unspecified atom stereocenters. The summed E-state index contributed by atoms with van der Waals surface area (Å²) >= 11 is 9.03. The predicted octanol–water partition coefficient (Wildman–Crippen LogP) is -2.65. The monoisotopic (exact) mass is 2180 g/mol. The summed E-state index contributed by atoms with van der Waals surface area (Å²) in [5.74, 6) is 2.71. The van der Waals surface area contributed by atoms with Gasteiger partial charge in [0.15, 0.2) is 65.5 Å². The molecule has 60 heteroatoms. The first kappa shape index (κ1) is 115. The molecule has 0 radical (unpaired) electrons. The van der Waals surface area contributed by atoms with Crippen LogP contribution in [0.1, 0.15) is 75.9 Å². The summed E-state index contributed by atoms with van der Waals surface area (Å²) in [6.45, 7) is 1.20. The maximum atomic E-state index is 10.7. The number of carboxylic acid groups (broad SMARTS) is 4. The van der Waals surface area contributed by atoms with E-state index >= 15 is 0 Å². The molecule has 11 aromatic heterocycles. The number of carbonyl (C=O) groups is 4. The minimum absolute atomic E-state index is 0.135. The Morgan fingerprint density at radius 2 is 0.669 bits per heavy atom. The van der Waals surface area contributed by atoms with Crippen LogP contribution < -0.4 is 68.8 Å². The fourth-order valence-corrected chi connectivity index (χ4v) is 22.6. The average Bonchev–Trinajstić information content (AvgIpc) is 1.62. The van der Waals surface area contributed by atoms with E-state index in [9.17, 15) is 75.3 Å². The number of aliphatic hydroxyl groups is 11. The van der Waals surface area contributed by atoms with Crippen LogP contribution in [0.2, 0.25) is 0 Å². The number of anilines is 6. The Morgan fingerprint density at radius 3 is 1.08 bits per heavy atom. The predicted molar refractivity (Wildman–Crippen MR) is 556 cm³/mol. The number of aliphatic carboxylic acids is 4. The van der Waals surface area contributed by atoms with Crippen LogP contribution in [0.4, 0.5) is 34.1 Å². The third-order valence-electron chi connectivity index (χ3n) is 24.6. The molecule has 6 fully saturated rings. The maximum Gasteiger partial charge on any atom is 0.320 e. The molecule has 39 N–H and O–H groups in total. The quantitative estimate of drug-likeness (QED) is 0.0138. The fourth-order valence-electron chi connectivity index (χ4n) is 16.4. The van der Waals surface area contributed by atoms with E-state index in [-0.39, 0.29) is 6.10 Å². The minimum Gasteiger partial charge on any atom is -0.480 e. The Balaban J connectivity index is 0.000000148. The molecular weight excluding hydrogens is 2060 g/mol. The van der Waals surface area contributed by atoms with E-state index in [1.165, 1.54) is 65.1 Å². The second kappa shape index (κ2) is 53.6. The molecule has 0 spiro atoms. The zero-order chi connectivity index (χ0) is 107. The number of pyridine rings is 5. The van der Waals surface area contributed by atoms with Gasteiger partial charge in [0.1, 0.15) is 119 Å². The first-order valence-electron chi connectivity index (χ1n) is 46.7. The lowest BCUT2D eigenvalue weighted by molar-refractivity contribution is -0.139. The third kappa shape index (κ3) is 27.6. The molecule has 6 aliphatic heterocycles. The molecule has 12 aromatic rings. The smallest absolute Gasteiger partial charge is 0.320 e. The lowest BCUT2D eigenvalue weighted by atomic mass is 10.1. The van der Waals surface area contributed by atoms with Gasteiger partial charge >= 0.3 is 23.9 Å². The fraction of sp³-hybridized carbons (Fsp3) is 0.534. The molecule has 0 saturated carbocycles. The molecule has 1 aromatic carbocycles. The first-order chi connectivity index (χ1) is 70.9. The van der Waals surface area contributed by atoms with Crippen molar-refractivity contribution in [3.8, 4) is 0 Å². The Hall–Kier alpha value is -10.3. The van der Waals surface area contributed by atoms with Crippen LogP contribution in [0.3, 0.4) is 0 Å². The number of benzene rings is 1. The normalized spacial score (nSPS) is 27.0. The van der Waals surface area contributed by atoms with Crippen LogP contribution in [0, 0.1) is 0 Å². The van der Waals surface area contributed by atoms with E-state index in [4.69, 9.17) is 118 Å². The van der Waals surface area contributed by atoms with Gasteiger partial charge < -0.3 is 183 Å². The van der Waals surface area contributed by atoms with Crippen LogP contribution in [-0.4, -0.2) is 393 Å². The van der Waals surface area contributed by atoms with Gasteiger partial charge in [0, 0.05) is 101 Å². The standard InChI is InChI=1S/2C16H22N4O5S.C15H21N5O4S.C14H20N6O5S.C14H21N5O3S.C13H19N5O3S/c17-9-1-4-19-14-8(9)2-5-20(14)15-13(22)12(21)11(25-15)7-26-6-3-10(18)16(23)24;17-8-2-1-3-10-12(8)19-7-20(10)15-14(22)13(21)11(25-15)6-26-5-4-9(18)16(23)24;16-9-1-3-18-13-12(9)19-7-20(13)14-11(21)5-8(24-14)6-25-4-2-10(17)15(22)23;15-6-1-3-17-12-9(6)18-19-20(12)13-11(22)10(21)8(25-13)5-26-4-2-7(16)14(23)24;15-3-1-5-23-6-9-11(20)12(21)14(22-9)19-7-18-10-8(16)2-4-17-13(10)19;14-2-4-22-5-8-10(19)11(20)13(21-8)18-6-17-9-7(15)1-3-16-12(9)18/h1-2,4-5,10-13,15,21-22H,3,6-7,18H2,(H2,17,19)(H,23,24);1-3,7,9,11,13-15,21-22H,4-6,17-18H2,(H,23,24);1,3,7-8,10-11,14,21H,2,4-6,17H2,(H2,16,18)(H,22,23);1,3,7-8,10-11,13,21-22H,2,4-5,16H2,(H2,15,17)(H,23,24);2,4,7,9,11-12,14,20-21H,1,3,5-6,15H2,(H2,16,17);1,3,6,8,10-11,13,19-20H,2,4-5,14H2,(H2,15,16). The van der Waals surface area contributed by atoms with Gasteiger partial charge in [-0.25, -0.2) is 44.9 Å². The number of nitrogens with two attached hydrogens (primary N) is 12. The van der Waals surface area contributed by atoms with Crippen LogP contribution in [0.15, 0.2) is 117 Å². The molecule has 808 valence electrons. The van der Waals surface area contributed by atoms with Crippen LogP contribution >= 0.6 is 70.6 Å². The Morgan fingerprint density at radius 1 is 0.338 bits per heavy atom. The Labute approximate surface area is 868 Å². The molecule has 27 atom stereocenters. The third-order valence-corrected chi connectivity index (χ3v) is 31.3. The van der Waals surface area contributed by atoms with Crippen molar-refractivity contribution in [3.63, 3.8) is 0 Å². The number of thioether (sulfide) groups is 6. The van der Waals surface area contributed by atoms with Gasteiger partial charge in [0.25, 0.3) is 0 Å². The second-order valence-corrected chi connectivity index (χ2v) is 41.9. The maximum absolute atomic E-state index is 10.7. The van der Waals surface area contributed by atoms with E-state index in [0.29, 0.717) is 198 Å². The van der Waals surface area contributed by atoms with Gasteiger partial charge in [-0.3, -0.25) is 32.9 Å². The summed E-state index contributed by atoms with van der Waals surface area (Å²) in [4.78, 5) is 80.9. The summed E-state index contributed by atoms with van der Waals surface area (Å²) in [5, 5.41) is 157. The van der Waals surface area contributed by atoms with Gasteiger partial charge in [-0.15, -0.1) is 5.10 Å². The topological polar surface area (TPSA) is 911 Å². The number of aliphatic hydroxyl groups excluding tert-OH is 11. The highest BCUT2D eigenvalue weighted by Crippen LogP contribution is 2.42. The van der Waals surface area contributed by atoms with E-state index in [1.54, 1.807) is 144 Å². The van der Waals surface area contributed by atoms with Crippen molar-refractivity contribution in [2.24, 2.45) is 34.4 Å². The molecule has 148 heavy (non-hydrogen) atoms. The van der Waals surface area contributed by atoms with Crippen molar-refractivity contribution in [3.05, 3.63) is 117 Å². The first-order valence-corrected chi connectivity index (χ1v) is 53.7. The zero-order valence-corrected chi connectivity index (χ0v) is 84.4. The molecule has 6 aliphatic rings. The Bertz CT molecular complexity index is 6040. The molecule has 18 rings (SSSR count). The number of fused-ring (bicyclic) bond motifs is 6. The summed E-state index contributed by atoms with van der Waals surface area (Å²) in [6, 6.07) is 11.8. The number of ether oxygens (including phenoxy) is 6. The number of hydrogen-bond acceptors (Lipinski definition) is 50. The average molecular weight is 2180 g/mol. The summed E-state index contributed by atoms with van der Waals surface area (Å²) in [7, 11) is 0. The van der Waals surface area contributed by atoms with Gasteiger partial charge in [-0.2, -0.15) is 75.3 Å². The van der Waals surface area contributed by atoms with Crippen molar-refractivity contribution in [1.82, 2.24) is 82.7 Å². The number of nitrogen functional groups attached to an aromatic ring is 6. The highest BCUT2D eigenvalue weighted by atomic mass is 32.2. The van der Waals surface area contributed by atoms with Gasteiger partial charge in [-0.05, 0) is 116 Å². The Kier molecular flexibility index (Phi) is 41.5. The van der Waals surface area contributed by atoms with E-state index in [2.05, 4.69) is 55.2 Å². The molecule has 0 amide bonds. The van der Waals surface area contributed by atoms with Crippen molar-refractivity contribution < 1.29 is 124 Å². The molecule has 54 nitrogen and oxygen atoms in total. The van der Waals surface area contributed by atoms with Gasteiger partial charge in [0.05, 0.1) is 95.9 Å². The lowest BCUT2D eigenvalue weighted by Crippen LogP contribution is -2.33. The van der Waals surface area contributed by atoms with Gasteiger partial charge in [-0.1, -0.05) is 11.3 Å². The number of para-hydroxylation sites is 1. The van der Waals surface area contributed by atoms with Crippen LogP contribution in [0.25, 0.3) is 66.7 Å². The van der Waals surface area contributed by atoms with Crippen molar-refractivity contribution in [2.75, 3.05) is 117 Å². The molecule has 0 aliphatic carbocycles. The number of hydrogen-bond donors (Lipinski definition) is 27. The summed E-state index contributed by atoms with van der Waals surface area (Å²) in [6.07, 6.45) is -0.343. The zero-order valence-electron chi connectivity index (χ0n) is 79.5. The van der Waals surface area contributed by atoms with Crippen molar-refractivity contribution >= 4 is 195 Å². The highest BCUT2D eigenvalue weighted by molar-refractivity contribution is 8.00. The number of nitrogens with zero attached hydrogens (tertiary/aromatic N) is 17. The number of carboxylic acids is 4. The minimum atomic E-state index is -1.21. The van der Waals surface area contributed by atoms with Crippen molar-refractivity contribution in [2.45, 2.75) is 204 Å². The van der Waals surface area contributed by atoms with Gasteiger partial charge in [0.2, 0.25) is 0 Å². The highest BCUT2D eigenvalue weighted by Gasteiger charge is 2.50. The summed E-state index contributed by atoms with van der Waals surface area (Å²) < 4.78 is 44.6. The largest absolute Gasteiger partial charge is 0.480 e. The van der Waals surface area contributed by atoms with Crippen LogP contribution in [-0.2, 0) is 47.6 Å². The molecule has 6 saturated heterocycles. The number of aromatic nitrogens is 17. The number of imidazole rings is 4. The van der Waals surface area contributed by atoms with Crippen LogP contribution in [0.5, 0.6) is 0 Å². The molecule has 17 heterocycles.